The number of nitrogens with zero attached hydrogens (tertiary/aromatic N) is 3. The molecule has 0 unspecified atom stereocenters. The number of carbonyl (C=O) groups is 1. The molecule has 6 nitrogen and oxygen atoms in total. The third-order valence-corrected chi connectivity index (χ3v) is 3.63. The third-order valence-electron chi connectivity index (χ3n) is 3.63. The van der Waals surface area contributed by atoms with Crippen molar-refractivity contribution in [2.45, 2.75) is 19.4 Å². The van der Waals surface area contributed by atoms with Crippen molar-refractivity contribution in [3.63, 3.8) is 0 Å². The maximum Gasteiger partial charge on any atom is 0.253 e. The van der Waals surface area contributed by atoms with E-state index in [-0.39, 0.29) is 17.9 Å². The lowest BCUT2D eigenvalue weighted by Gasteiger charge is -2.14. The van der Waals surface area contributed by atoms with Gasteiger partial charge in [0.25, 0.3) is 5.91 Å². The minimum atomic E-state index is -0.360. The van der Waals surface area contributed by atoms with E-state index in [9.17, 15) is 4.79 Å². The molecule has 1 aromatic heterocycles. The number of benzene rings is 1. The average Bonchev–Trinajstić information content (AvgIpc) is 3.08. The minimum Gasteiger partial charge on any atom is -0.368 e. The number of carbonyl (C=O) groups excluding carboxylic acids is 1. The van der Waals surface area contributed by atoms with Crippen molar-refractivity contribution in [1.29, 1.82) is 0 Å². The lowest BCUT2D eigenvalue weighted by atomic mass is 10.0. The van der Waals surface area contributed by atoms with Gasteiger partial charge in [0.1, 0.15) is 12.4 Å². The van der Waals surface area contributed by atoms with Crippen LogP contribution in [-0.4, -0.2) is 33.4 Å². The normalized spacial score (nSPS) is 21.4. The first kappa shape index (κ1) is 13.8. The van der Waals surface area contributed by atoms with E-state index in [2.05, 4.69) is 15.4 Å². The Balaban J connectivity index is 1.76. The van der Waals surface area contributed by atoms with Gasteiger partial charge in [-0.3, -0.25) is 9.48 Å². The van der Waals surface area contributed by atoms with Crippen LogP contribution in [0.2, 0.25) is 0 Å². The summed E-state index contributed by atoms with van der Waals surface area (Å²) in [6.07, 6.45) is 2.21. The predicted octanol–water partition coefficient (Wildman–Crippen LogP) is 1.85. The highest BCUT2D eigenvalue weighted by Gasteiger charge is 2.30. The second-order valence-corrected chi connectivity index (χ2v) is 5.37. The quantitative estimate of drug-likeness (QED) is 0.935. The van der Waals surface area contributed by atoms with Crippen LogP contribution in [0, 0.1) is 5.92 Å². The van der Waals surface area contributed by atoms with Crippen molar-refractivity contribution in [3.05, 3.63) is 30.6 Å². The molecule has 1 aliphatic rings. The molecular formula is C15H18N4O2. The lowest BCUT2D eigenvalue weighted by Crippen LogP contribution is -2.31. The van der Waals surface area contributed by atoms with E-state index in [4.69, 9.17) is 4.74 Å². The molecule has 21 heavy (non-hydrogen) atoms. The van der Waals surface area contributed by atoms with Crippen molar-refractivity contribution in [2.24, 2.45) is 13.0 Å². The van der Waals surface area contributed by atoms with Gasteiger partial charge in [0.05, 0.1) is 0 Å². The van der Waals surface area contributed by atoms with E-state index in [1.807, 2.05) is 38.2 Å². The maximum atomic E-state index is 12.2. The molecule has 1 aliphatic heterocycles. The largest absolute Gasteiger partial charge is 0.368 e. The fraction of sp³-hybridized carbons (Fsp3) is 0.400. The number of ether oxygens (including phenoxy) is 1. The summed E-state index contributed by atoms with van der Waals surface area (Å²) in [6.45, 7) is 2.68. The van der Waals surface area contributed by atoms with Gasteiger partial charge in [0.15, 0.2) is 5.82 Å². The number of aryl methyl sites for hydroxylation is 1. The van der Waals surface area contributed by atoms with Crippen LogP contribution >= 0.6 is 0 Å². The molecule has 3 rings (SSSR count). The van der Waals surface area contributed by atoms with Gasteiger partial charge in [-0.15, -0.1) is 0 Å². The van der Waals surface area contributed by atoms with E-state index < -0.39 is 0 Å². The predicted molar refractivity (Wildman–Crippen MR) is 78.6 cm³/mol. The molecule has 6 heteroatoms. The molecule has 0 saturated carbocycles. The summed E-state index contributed by atoms with van der Waals surface area (Å²) in [6, 6.07) is 7.51. The van der Waals surface area contributed by atoms with Crippen LogP contribution in [0.3, 0.4) is 0 Å². The van der Waals surface area contributed by atoms with Gasteiger partial charge in [-0.2, -0.15) is 5.10 Å². The van der Waals surface area contributed by atoms with Gasteiger partial charge in [-0.25, -0.2) is 4.98 Å². The van der Waals surface area contributed by atoms with Crippen molar-refractivity contribution < 1.29 is 9.53 Å². The topological polar surface area (TPSA) is 69.0 Å². The first-order valence-corrected chi connectivity index (χ1v) is 7.02. The number of hydrogen-bond acceptors (Lipinski definition) is 4. The highest BCUT2D eigenvalue weighted by molar-refractivity contribution is 5.95. The zero-order chi connectivity index (χ0) is 14.8. The molecule has 1 N–H and O–H groups in total. The molecule has 2 atom stereocenters. The number of hydrogen-bond donors (Lipinski definition) is 1. The molecule has 0 bridgehead atoms. The Hall–Kier alpha value is -2.21. The van der Waals surface area contributed by atoms with Crippen LogP contribution in [-0.2, 0) is 16.6 Å². The van der Waals surface area contributed by atoms with Gasteiger partial charge in [-0.1, -0.05) is 19.1 Å². The Morgan fingerprint density at radius 1 is 1.48 bits per heavy atom. The van der Waals surface area contributed by atoms with Crippen LogP contribution in [0.5, 0.6) is 0 Å². The second-order valence-electron chi connectivity index (χ2n) is 5.37. The van der Waals surface area contributed by atoms with Gasteiger partial charge in [0.2, 0.25) is 0 Å². The van der Waals surface area contributed by atoms with Crippen LogP contribution in [0.4, 0.5) is 5.69 Å². The zero-order valence-corrected chi connectivity index (χ0v) is 12.1. The number of nitrogens with one attached hydrogen (secondary N) is 1. The van der Waals surface area contributed by atoms with Gasteiger partial charge >= 0.3 is 0 Å². The SMILES string of the molecule is C[C@@H]1CCO[C@H]1C(=O)Nc1cccc(-c2ncn(C)n2)c1. The Kier molecular flexibility index (Phi) is 3.70. The van der Waals surface area contributed by atoms with Crippen molar-refractivity contribution in [3.8, 4) is 11.4 Å². The van der Waals surface area contributed by atoms with E-state index in [0.717, 1.165) is 17.7 Å². The minimum absolute atomic E-state index is 0.0915. The number of anilines is 1. The Morgan fingerprint density at radius 2 is 2.33 bits per heavy atom. The molecule has 0 spiro atoms. The molecule has 1 fully saturated rings. The molecule has 1 saturated heterocycles. The van der Waals surface area contributed by atoms with E-state index in [0.29, 0.717) is 12.4 Å². The molecule has 2 aromatic rings. The van der Waals surface area contributed by atoms with Crippen LogP contribution in [0.1, 0.15) is 13.3 Å². The standard InChI is InChI=1S/C15H18N4O2/c1-10-6-7-21-13(10)15(20)17-12-5-3-4-11(8-12)14-16-9-19(2)18-14/h3-5,8-10,13H,6-7H2,1-2H3,(H,17,20)/t10-,13-/m1/s1. The fourth-order valence-corrected chi connectivity index (χ4v) is 2.45. The Labute approximate surface area is 123 Å². The van der Waals surface area contributed by atoms with Crippen LogP contribution in [0.15, 0.2) is 30.6 Å². The van der Waals surface area contributed by atoms with Gasteiger partial charge in [-0.05, 0) is 24.5 Å². The summed E-state index contributed by atoms with van der Waals surface area (Å²) in [5.74, 6) is 0.802. The van der Waals surface area contributed by atoms with E-state index in [1.54, 1.807) is 11.0 Å². The fourth-order valence-electron chi connectivity index (χ4n) is 2.45. The molecule has 0 radical (unpaired) electrons. The van der Waals surface area contributed by atoms with Crippen LogP contribution < -0.4 is 5.32 Å². The molecule has 1 aromatic carbocycles. The summed E-state index contributed by atoms with van der Waals surface area (Å²) >= 11 is 0. The number of rotatable bonds is 3. The van der Waals surface area contributed by atoms with Gasteiger partial charge < -0.3 is 10.1 Å². The Morgan fingerprint density at radius 3 is 3.00 bits per heavy atom. The zero-order valence-electron chi connectivity index (χ0n) is 12.1. The third kappa shape index (κ3) is 2.95. The summed E-state index contributed by atoms with van der Waals surface area (Å²) in [7, 11) is 1.82. The number of amides is 1. The molecule has 0 aliphatic carbocycles. The first-order valence-electron chi connectivity index (χ1n) is 7.02. The van der Waals surface area contributed by atoms with Crippen molar-refractivity contribution in [2.75, 3.05) is 11.9 Å². The summed E-state index contributed by atoms with van der Waals surface area (Å²) < 4.78 is 7.12. The van der Waals surface area contributed by atoms with E-state index >= 15 is 0 Å². The maximum absolute atomic E-state index is 12.2. The van der Waals surface area contributed by atoms with Crippen molar-refractivity contribution >= 4 is 11.6 Å². The Bertz CT molecular complexity index is 653. The lowest BCUT2D eigenvalue weighted by molar-refractivity contribution is -0.126. The summed E-state index contributed by atoms with van der Waals surface area (Å²) in [5.41, 5.74) is 1.60. The summed E-state index contributed by atoms with van der Waals surface area (Å²) in [4.78, 5) is 16.4. The molecular weight excluding hydrogens is 268 g/mol. The monoisotopic (exact) mass is 286 g/mol. The average molecular weight is 286 g/mol. The molecule has 2 heterocycles. The first-order chi connectivity index (χ1) is 10.1. The van der Waals surface area contributed by atoms with Crippen LogP contribution in [0.25, 0.3) is 11.4 Å². The molecule has 1 amide bonds. The van der Waals surface area contributed by atoms with E-state index in [1.165, 1.54) is 0 Å². The van der Waals surface area contributed by atoms with Gasteiger partial charge in [0, 0.05) is 24.9 Å². The number of aromatic nitrogens is 3. The molecule has 110 valence electrons. The highest BCUT2D eigenvalue weighted by Crippen LogP contribution is 2.23. The highest BCUT2D eigenvalue weighted by atomic mass is 16.5. The summed E-state index contributed by atoms with van der Waals surface area (Å²) in [5, 5.41) is 7.16. The van der Waals surface area contributed by atoms with Crippen molar-refractivity contribution in [1.82, 2.24) is 14.8 Å². The smallest absolute Gasteiger partial charge is 0.253 e. The second kappa shape index (κ2) is 5.65.